The van der Waals surface area contributed by atoms with Crippen LogP contribution in [0.4, 0.5) is 0 Å². The zero-order chi connectivity index (χ0) is 20.2. The summed E-state index contributed by atoms with van der Waals surface area (Å²) in [7, 11) is 0. The molecule has 8 nitrogen and oxygen atoms in total. The average molecular weight is 397 g/mol. The smallest absolute Gasteiger partial charge is 0.262 e. The van der Waals surface area contributed by atoms with Crippen LogP contribution in [-0.4, -0.2) is 54.3 Å². The van der Waals surface area contributed by atoms with Crippen LogP contribution in [-0.2, 0) is 9.59 Å². The monoisotopic (exact) mass is 397 g/mol. The van der Waals surface area contributed by atoms with Gasteiger partial charge in [0.05, 0.1) is 17.7 Å². The van der Waals surface area contributed by atoms with Gasteiger partial charge in [0.15, 0.2) is 0 Å². The SMILES string of the molecule is O=C1CCC(N2C(=O)c3ccc(OCCC4CC5(CNC5)C4)cc3C2=O)C(=O)N1. The Morgan fingerprint density at radius 3 is 2.52 bits per heavy atom. The fraction of sp³-hybridized carbons (Fsp3) is 0.524. The Morgan fingerprint density at radius 2 is 1.83 bits per heavy atom. The van der Waals surface area contributed by atoms with Gasteiger partial charge in [-0.3, -0.25) is 29.4 Å². The van der Waals surface area contributed by atoms with Crippen LogP contribution in [0, 0.1) is 11.3 Å². The average Bonchev–Trinajstić information content (AvgIpc) is 2.86. The van der Waals surface area contributed by atoms with Crippen molar-refractivity contribution in [3.05, 3.63) is 29.3 Å². The summed E-state index contributed by atoms with van der Waals surface area (Å²) in [6.07, 6.45) is 3.74. The van der Waals surface area contributed by atoms with Gasteiger partial charge in [-0.2, -0.15) is 0 Å². The first-order chi connectivity index (χ1) is 14.0. The molecule has 2 saturated heterocycles. The molecule has 1 aromatic rings. The van der Waals surface area contributed by atoms with Gasteiger partial charge in [0.1, 0.15) is 11.8 Å². The summed E-state index contributed by atoms with van der Waals surface area (Å²) in [5.41, 5.74) is 1.07. The number of amides is 4. The Morgan fingerprint density at radius 1 is 1.07 bits per heavy atom. The summed E-state index contributed by atoms with van der Waals surface area (Å²) >= 11 is 0. The fourth-order valence-electron chi connectivity index (χ4n) is 5.02. The van der Waals surface area contributed by atoms with Crippen molar-refractivity contribution in [2.24, 2.45) is 11.3 Å². The Labute approximate surface area is 168 Å². The Bertz CT molecular complexity index is 915. The van der Waals surface area contributed by atoms with E-state index in [0.29, 0.717) is 23.7 Å². The number of carbonyl (C=O) groups excluding carboxylic acids is 4. The van der Waals surface area contributed by atoms with Crippen molar-refractivity contribution in [3.63, 3.8) is 0 Å². The molecule has 2 N–H and O–H groups in total. The number of carbonyl (C=O) groups is 4. The lowest BCUT2D eigenvalue weighted by Gasteiger charge is -2.54. The van der Waals surface area contributed by atoms with Crippen LogP contribution in [0.25, 0.3) is 0 Å². The molecule has 4 amide bonds. The Balaban J connectivity index is 1.22. The topological polar surface area (TPSA) is 105 Å². The first-order valence-electron chi connectivity index (χ1n) is 10.1. The van der Waals surface area contributed by atoms with Gasteiger partial charge >= 0.3 is 0 Å². The van der Waals surface area contributed by atoms with Crippen LogP contribution in [0.1, 0.15) is 52.8 Å². The number of rotatable bonds is 5. The molecule has 4 aliphatic rings. The summed E-state index contributed by atoms with van der Waals surface area (Å²) in [6, 6.07) is 3.90. The molecule has 0 aromatic heterocycles. The van der Waals surface area contributed by atoms with E-state index in [4.69, 9.17) is 4.74 Å². The number of hydrogen-bond acceptors (Lipinski definition) is 6. The minimum absolute atomic E-state index is 0.108. The van der Waals surface area contributed by atoms with Crippen molar-refractivity contribution in [2.75, 3.05) is 19.7 Å². The largest absolute Gasteiger partial charge is 0.494 e. The molecule has 29 heavy (non-hydrogen) atoms. The molecule has 3 heterocycles. The summed E-state index contributed by atoms with van der Waals surface area (Å²) in [5.74, 6) is -0.757. The molecule has 152 valence electrons. The lowest BCUT2D eigenvalue weighted by Crippen LogP contribution is -2.60. The summed E-state index contributed by atoms with van der Waals surface area (Å²) in [4.78, 5) is 49.9. The lowest BCUT2D eigenvalue weighted by atomic mass is 9.58. The quantitative estimate of drug-likeness (QED) is 0.714. The van der Waals surface area contributed by atoms with E-state index in [1.54, 1.807) is 18.2 Å². The minimum Gasteiger partial charge on any atom is -0.494 e. The number of piperidine rings is 1. The highest BCUT2D eigenvalue weighted by atomic mass is 16.5. The molecule has 1 spiro atoms. The minimum atomic E-state index is -0.948. The van der Waals surface area contributed by atoms with Gasteiger partial charge in [-0.15, -0.1) is 0 Å². The third-order valence-electron chi connectivity index (χ3n) is 6.65. The van der Waals surface area contributed by atoms with Crippen molar-refractivity contribution in [3.8, 4) is 5.75 Å². The maximum atomic E-state index is 12.8. The molecule has 0 bridgehead atoms. The molecule has 0 radical (unpaired) electrons. The molecule has 1 aromatic carbocycles. The normalized spacial score (nSPS) is 25.5. The van der Waals surface area contributed by atoms with E-state index >= 15 is 0 Å². The fourth-order valence-corrected chi connectivity index (χ4v) is 5.02. The zero-order valence-electron chi connectivity index (χ0n) is 16.0. The predicted octanol–water partition coefficient (Wildman–Crippen LogP) is 0.856. The lowest BCUT2D eigenvalue weighted by molar-refractivity contribution is -0.136. The van der Waals surface area contributed by atoms with Gasteiger partial charge in [-0.1, -0.05) is 0 Å². The number of fused-ring (bicyclic) bond motifs is 1. The van der Waals surface area contributed by atoms with Crippen molar-refractivity contribution in [1.82, 2.24) is 15.5 Å². The van der Waals surface area contributed by atoms with Gasteiger partial charge in [-0.25, -0.2) is 0 Å². The first kappa shape index (κ1) is 18.3. The Kier molecular flexibility index (Phi) is 4.20. The van der Waals surface area contributed by atoms with Gasteiger partial charge in [0.2, 0.25) is 11.8 Å². The maximum absolute atomic E-state index is 12.8. The van der Waals surface area contributed by atoms with Gasteiger partial charge in [-0.05, 0) is 55.2 Å². The van der Waals surface area contributed by atoms with Crippen LogP contribution < -0.4 is 15.4 Å². The summed E-state index contributed by atoms with van der Waals surface area (Å²) in [6.45, 7) is 2.84. The van der Waals surface area contributed by atoms with E-state index in [1.165, 1.54) is 12.8 Å². The highest BCUT2D eigenvalue weighted by Gasteiger charge is 2.48. The standard InChI is InChI=1S/C21H23N3O5/c25-17-4-3-16(18(26)23-17)24-19(27)14-2-1-13(7-15(14)20(24)28)29-6-5-12-8-21(9-12)10-22-11-21/h1-2,7,12,16,22H,3-6,8-11H2,(H,23,25,26). The van der Waals surface area contributed by atoms with Gasteiger partial charge in [0, 0.05) is 19.5 Å². The van der Waals surface area contributed by atoms with Crippen LogP contribution >= 0.6 is 0 Å². The van der Waals surface area contributed by atoms with E-state index in [0.717, 1.165) is 24.4 Å². The number of benzene rings is 1. The third kappa shape index (κ3) is 3.02. The molecule has 3 fully saturated rings. The van der Waals surface area contributed by atoms with Crippen LogP contribution in [0.15, 0.2) is 18.2 Å². The molecule has 1 aliphatic carbocycles. The number of nitrogens with zero attached hydrogens (tertiary/aromatic N) is 1. The van der Waals surface area contributed by atoms with Crippen molar-refractivity contribution >= 4 is 23.6 Å². The zero-order valence-corrected chi connectivity index (χ0v) is 16.0. The van der Waals surface area contributed by atoms with Crippen molar-refractivity contribution < 1.29 is 23.9 Å². The van der Waals surface area contributed by atoms with Crippen LogP contribution in [0.3, 0.4) is 0 Å². The number of hydrogen-bond donors (Lipinski definition) is 2. The molecular formula is C21H23N3O5. The second-order valence-electron chi connectivity index (χ2n) is 8.67. The molecule has 1 unspecified atom stereocenters. The highest BCUT2D eigenvalue weighted by Crippen LogP contribution is 2.49. The van der Waals surface area contributed by atoms with Crippen LogP contribution in [0.2, 0.25) is 0 Å². The molecule has 1 atom stereocenters. The first-order valence-corrected chi connectivity index (χ1v) is 10.1. The molecular weight excluding hydrogens is 374 g/mol. The summed E-state index contributed by atoms with van der Waals surface area (Å²) < 4.78 is 5.84. The second-order valence-corrected chi connectivity index (χ2v) is 8.67. The van der Waals surface area contributed by atoms with E-state index in [1.807, 2.05) is 0 Å². The third-order valence-corrected chi connectivity index (χ3v) is 6.65. The number of imide groups is 2. The number of ether oxygens (including phenoxy) is 1. The van der Waals surface area contributed by atoms with Gasteiger partial charge < -0.3 is 10.1 Å². The van der Waals surface area contributed by atoms with Crippen molar-refractivity contribution in [2.45, 2.75) is 38.1 Å². The van der Waals surface area contributed by atoms with E-state index < -0.39 is 23.8 Å². The number of nitrogens with one attached hydrogen (secondary N) is 2. The van der Waals surface area contributed by atoms with Crippen LogP contribution in [0.5, 0.6) is 5.75 Å². The van der Waals surface area contributed by atoms with Crippen molar-refractivity contribution in [1.29, 1.82) is 0 Å². The van der Waals surface area contributed by atoms with E-state index in [9.17, 15) is 19.2 Å². The Hall–Kier alpha value is -2.74. The van der Waals surface area contributed by atoms with E-state index in [2.05, 4.69) is 10.6 Å². The predicted molar refractivity (Wildman–Crippen MR) is 101 cm³/mol. The molecule has 3 aliphatic heterocycles. The second kappa shape index (κ2) is 6.66. The molecule has 8 heteroatoms. The summed E-state index contributed by atoms with van der Waals surface area (Å²) in [5, 5.41) is 5.53. The maximum Gasteiger partial charge on any atom is 0.262 e. The van der Waals surface area contributed by atoms with E-state index in [-0.39, 0.29) is 29.9 Å². The molecule has 5 rings (SSSR count). The van der Waals surface area contributed by atoms with Gasteiger partial charge in [0.25, 0.3) is 11.8 Å². The highest BCUT2D eigenvalue weighted by molar-refractivity contribution is 6.23. The molecule has 1 saturated carbocycles.